The van der Waals surface area contributed by atoms with Crippen molar-refractivity contribution in [2.45, 2.75) is 24.8 Å². The lowest BCUT2D eigenvalue weighted by atomic mass is 9.78. The van der Waals surface area contributed by atoms with E-state index >= 15 is 0 Å². The van der Waals surface area contributed by atoms with Crippen molar-refractivity contribution in [3.05, 3.63) is 33.7 Å². The van der Waals surface area contributed by atoms with Crippen molar-refractivity contribution in [2.75, 3.05) is 13.1 Å². The van der Waals surface area contributed by atoms with Crippen LogP contribution >= 0.6 is 0 Å². The molecule has 0 atom stereocenters. The Labute approximate surface area is 139 Å². The van der Waals surface area contributed by atoms with Crippen molar-refractivity contribution in [2.24, 2.45) is 18.7 Å². The maximum absolute atomic E-state index is 12.3. The van der Waals surface area contributed by atoms with Crippen LogP contribution in [0.5, 0.6) is 0 Å². The summed E-state index contributed by atoms with van der Waals surface area (Å²) in [7, 11) is 1.71. The molecule has 6 heteroatoms. The number of carbonyl (C=O) groups excluding carboxylic acids is 1. The lowest BCUT2D eigenvalue weighted by Crippen LogP contribution is -2.54. The molecule has 1 saturated heterocycles. The molecule has 124 valence electrons. The number of hydrogen-bond acceptors (Lipinski definition) is 3. The van der Waals surface area contributed by atoms with E-state index in [4.69, 9.17) is 12.2 Å². The molecule has 1 aliphatic carbocycles. The molecule has 1 amide bonds. The van der Waals surface area contributed by atoms with Gasteiger partial charge in [0.2, 0.25) is 5.91 Å². The number of rotatable bonds is 2. The summed E-state index contributed by atoms with van der Waals surface area (Å²) in [4.78, 5) is 28.9. The number of nitrogens with zero attached hydrogens (tertiary/aromatic N) is 2. The van der Waals surface area contributed by atoms with Crippen LogP contribution in [-0.2, 0) is 11.8 Å². The molecule has 3 N–H and O–H groups in total. The molecule has 4 rings (SSSR count). The summed E-state index contributed by atoms with van der Waals surface area (Å²) in [5.41, 5.74) is 8.88. The fourth-order valence-corrected chi connectivity index (χ4v) is 3.83. The molecular weight excluding hydrogens is 304 g/mol. The van der Waals surface area contributed by atoms with E-state index in [1.807, 2.05) is 17.0 Å². The lowest BCUT2D eigenvalue weighted by molar-refractivity contribution is -0.143. The summed E-state index contributed by atoms with van der Waals surface area (Å²) < 4.78 is 1.55. The van der Waals surface area contributed by atoms with Gasteiger partial charge in [0.25, 0.3) is 0 Å². The Kier molecular flexibility index (Phi) is 3.29. The SMILES string of the molecule is C#Cc1c(C2CN(C(=O)C3CC(N)C3)C2)ccc2[nH]c(=O)n(C)c12. The minimum Gasteiger partial charge on any atom is -0.341 e. The zero-order valence-electron chi connectivity index (χ0n) is 13.6. The van der Waals surface area contributed by atoms with E-state index in [9.17, 15) is 9.59 Å². The summed E-state index contributed by atoms with van der Waals surface area (Å²) in [6.07, 6.45) is 7.32. The molecule has 2 aliphatic rings. The number of aromatic amines is 1. The van der Waals surface area contributed by atoms with Crippen molar-refractivity contribution in [3.8, 4) is 12.3 Å². The average Bonchev–Trinajstić information content (AvgIpc) is 2.77. The van der Waals surface area contributed by atoms with Crippen molar-refractivity contribution < 1.29 is 4.79 Å². The molecule has 1 saturated carbocycles. The van der Waals surface area contributed by atoms with Gasteiger partial charge in [0.15, 0.2) is 0 Å². The third-order valence-electron chi connectivity index (χ3n) is 5.39. The molecule has 6 nitrogen and oxygen atoms in total. The van der Waals surface area contributed by atoms with Crippen molar-refractivity contribution >= 4 is 16.9 Å². The Morgan fingerprint density at radius 3 is 2.71 bits per heavy atom. The average molecular weight is 324 g/mol. The summed E-state index contributed by atoms with van der Waals surface area (Å²) in [6, 6.07) is 4.04. The highest BCUT2D eigenvalue weighted by atomic mass is 16.2. The van der Waals surface area contributed by atoms with Gasteiger partial charge in [-0.25, -0.2) is 4.79 Å². The number of nitrogens with one attached hydrogen (secondary N) is 1. The fourth-order valence-electron chi connectivity index (χ4n) is 3.83. The smallest absolute Gasteiger partial charge is 0.326 e. The molecule has 24 heavy (non-hydrogen) atoms. The maximum atomic E-state index is 12.3. The fraction of sp³-hybridized carbons (Fsp3) is 0.444. The van der Waals surface area contributed by atoms with Crippen LogP contribution in [0.3, 0.4) is 0 Å². The van der Waals surface area contributed by atoms with E-state index in [0.29, 0.717) is 13.1 Å². The van der Waals surface area contributed by atoms with Gasteiger partial charge in [-0.05, 0) is 24.5 Å². The number of carbonyl (C=O) groups is 1. The second-order valence-corrected chi connectivity index (χ2v) is 6.93. The number of likely N-dealkylation sites (tertiary alicyclic amines) is 1. The van der Waals surface area contributed by atoms with Gasteiger partial charge < -0.3 is 15.6 Å². The zero-order valence-corrected chi connectivity index (χ0v) is 13.6. The Morgan fingerprint density at radius 2 is 2.08 bits per heavy atom. The first-order valence-electron chi connectivity index (χ1n) is 8.22. The number of H-pyrrole nitrogens is 1. The highest BCUT2D eigenvalue weighted by Gasteiger charge is 2.40. The van der Waals surface area contributed by atoms with Gasteiger partial charge in [0.1, 0.15) is 0 Å². The molecule has 2 fully saturated rings. The van der Waals surface area contributed by atoms with Gasteiger partial charge in [-0.15, -0.1) is 6.42 Å². The number of hydrogen-bond donors (Lipinski definition) is 2. The molecule has 0 spiro atoms. The van der Waals surface area contributed by atoms with E-state index in [1.165, 1.54) is 0 Å². The highest BCUT2D eigenvalue weighted by molar-refractivity contribution is 5.85. The quantitative estimate of drug-likeness (QED) is 0.790. The van der Waals surface area contributed by atoms with Crippen LogP contribution in [0.2, 0.25) is 0 Å². The van der Waals surface area contributed by atoms with E-state index in [1.54, 1.807) is 11.6 Å². The summed E-state index contributed by atoms with van der Waals surface area (Å²) in [6.45, 7) is 1.37. The number of aryl methyl sites for hydroxylation is 1. The summed E-state index contributed by atoms with van der Waals surface area (Å²) in [5.74, 6) is 3.27. The van der Waals surface area contributed by atoms with Gasteiger partial charge in [-0.2, -0.15) is 0 Å². The first-order chi connectivity index (χ1) is 11.5. The molecule has 0 radical (unpaired) electrons. The van der Waals surface area contributed by atoms with E-state index in [2.05, 4.69) is 10.9 Å². The summed E-state index contributed by atoms with van der Waals surface area (Å²) in [5, 5.41) is 0. The maximum Gasteiger partial charge on any atom is 0.326 e. The van der Waals surface area contributed by atoms with Gasteiger partial charge in [0, 0.05) is 38.0 Å². The van der Waals surface area contributed by atoms with Crippen LogP contribution in [0, 0.1) is 18.3 Å². The number of nitrogens with two attached hydrogens (primary N) is 1. The minimum atomic E-state index is -0.176. The highest BCUT2D eigenvalue weighted by Crippen LogP contribution is 2.35. The Bertz CT molecular complexity index is 921. The third-order valence-corrected chi connectivity index (χ3v) is 5.39. The molecule has 0 bridgehead atoms. The summed E-state index contributed by atoms with van der Waals surface area (Å²) >= 11 is 0. The molecule has 2 heterocycles. The van der Waals surface area contributed by atoms with Gasteiger partial charge in [-0.3, -0.25) is 9.36 Å². The first kappa shape index (κ1) is 15.0. The molecule has 1 aromatic carbocycles. The predicted octanol–water partition coefficient (Wildman–Crippen LogP) is 0.511. The number of aromatic nitrogens is 2. The van der Waals surface area contributed by atoms with Gasteiger partial charge >= 0.3 is 5.69 Å². The van der Waals surface area contributed by atoms with Crippen molar-refractivity contribution in [1.29, 1.82) is 0 Å². The largest absolute Gasteiger partial charge is 0.341 e. The molecule has 0 unspecified atom stereocenters. The zero-order chi connectivity index (χ0) is 17.0. The molecular formula is C18H20N4O2. The van der Waals surface area contributed by atoms with Crippen LogP contribution in [-0.4, -0.2) is 39.5 Å². The lowest BCUT2D eigenvalue weighted by Gasteiger charge is -2.44. The Balaban J connectivity index is 1.58. The van der Waals surface area contributed by atoms with Crippen LogP contribution in [0.4, 0.5) is 0 Å². The molecule has 1 aliphatic heterocycles. The standard InChI is InChI=1S/C18H20N4O2/c1-3-13-14(4-5-15-16(13)21(2)18(24)20-15)11-8-22(9-11)17(23)10-6-12(19)7-10/h1,4-5,10-12H,6-9,19H2,2H3,(H,20,24). The molecule has 1 aromatic heterocycles. The number of imidazole rings is 1. The normalized spacial score (nSPS) is 23.6. The van der Waals surface area contributed by atoms with Gasteiger partial charge in [-0.1, -0.05) is 12.0 Å². The van der Waals surface area contributed by atoms with E-state index in [-0.39, 0.29) is 29.5 Å². The third kappa shape index (κ3) is 2.09. The van der Waals surface area contributed by atoms with Crippen LogP contribution in [0.15, 0.2) is 16.9 Å². The number of fused-ring (bicyclic) bond motifs is 1. The molecule has 2 aromatic rings. The van der Waals surface area contributed by atoms with Crippen molar-refractivity contribution in [3.63, 3.8) is 0 Å². The number of benzene rings is 1. The second-order valence-electron chi connectivity index (χ2n) is 6.93. The number of terminal acetylenes is 1. The first-order valence-corrected chi connectivity index (χ1v) is 8.22. The monoisotopic (exact) mass is 324 g/mol. The van der Waals surface area contributed by atoms with E-state index < -0.39 is 0 Å². The van der Waals surface area contributed by atoms with Crippen LogP contribution < -0.4 is 11.4 Å². The van der Waals surface area contributed by atoms with Crippen LogP contribution in [0.1, 0.15) is 29.9 Å². The second kappa shape index (κ2) is 5.25. The van der Waals surface area contributed by atoms with Gasteiger partial charge in [0.05, 0.1) is 16.6 Å². The van der Waals surface area contributed by atoms with Crippen molar-refractivity contribution in [1.82, 2.24) is 14.5 Å². The van der Waals surface area contributed by atoms with Crippen LogP contribution in [0.25, 0.3) is 11.0 Å². The topological polar surface area (TPSA) is 84.1 Å². The predicted molar refractivity (Wildman–Crippen MR) is 91.5 cm³/mol. The Morgan fingerprint density at radius 1 is 1.38 bits per heavy atom. The van der Waals surface area contributed by atoms with E-state index in [0.717, 1.165) is 35.0 Å². The minimum absolute atomic E-state index is 0.0982. The number of amides is 1. The Hall–Kier alpha value is -2.52.